The van der Waals surface area contributed by atoms with E-state index in [1.54, 1.807) is 45.3 Å². The van der Waals surface area contributed by atoms with Crippen LogP contribution in [0.25, 0.3) is 10.9 Å². The molecule has 2 aromatic rings. The molecule has 0 unspecified atom stereocenters. The average molecular weight is 275 g/mol. The standard InChI is InChI=1S/C14H17N3O3/c1-4-16-13(19)10-7-5-6-8-11(10)17(14(16)20)9-12(18)15(2)3/h5-8H,4,9H2,1-3H3. The van der Waals surface area contributed by atoms with Crippen LogP contribution in [0.1, 0.15) is 6.92 Å². The van der Waals surface area contributed by atoms with Crippen LogP contribution in [0.5, 0.6) is 0 Å². The predicted molar refractivity (Wildman–Crippen MR) is 76.8 cm³/mol. The number of amides is 1. The monoisotopic (exact) mass is 275 g/mol. The van der Waals surface area contributed by atoms with Gasteiger partial charge >= 0.3 is 5.69 Å². The van der Waals surface area contributed by atoms with Gasteiger partial charge in [-0.25, -0.2) is 4.79 Å². The zero-order valence-corrected chi connectivity index (χ0v) is 11.8. The summed E-state index contributed by atoms with van der Waals surface area (Å²) in [5.41, 5.74) is -0.282. The molecule has 0 fully saturated rings. The summed E-state index contributed by atoms with van der Waals surface area (Å²) in [5, 5.41) is 0.445. The highest BCUT2D eigenvalue weighted by Crippen LogP contribution is 2.07. The van der Waals surface area contributed by atoms with Gasteiger partial charge in [-0.05, 0) is 19.1 Å². The molecular weight excluding hydrogens is 258 g/mol. The van der Waals surface area contributed by atoms with Gasteiger partial charge in [-0.15, -0.1) is 0 Å². The Balaban J connectivity index is 2.79. The van der Waals surface area contributed by atoms with Crippen LogP contribution in [-0.4, -0.2) is 34.0 Å². The quantitative estimate of drug-likeness (QED) is 0.807. The molecule has 1 heterocycles. The van der Waals surface area contributed by atoms with Crippen molar-refractivity contribution in [3.05, 3.63) is 45.1 Å². The maximum absolute atomic E-state index is 12.3. The first kappa shape index (κ1) is 14.0. The topological polar surface area (TPSA) is 64.3 Å². The molecule has 6 nitrogen and oxygen atoms in total. The van der Waals surface area contributed by atoms with E-state index in [2.05, 4.69) is 0 Å². The van der Waals surface area contributed by atoms with Gasteiger partial charge in [-0.2, -0.15) is 0 Å². The lowest BCUT2D eigenvalue weighted by Gasteiger charge is -2.15. The van der Waals surface area contributed by atoms with Gasteiger partial charge < -0.3 is 4.90 Å². The SMILES string of the molecule is CCn1c(=O)c2ccccc2n(CC(=O)N(C)C)c1=O. The summed E-state index contributed by atoms with van der Waals surface area (Å²) in [7, 11) is 3.26. The summed E-state index contributed by atoms with van der Waals surface area (Å²) in [6, 6.07) is 6.83. The van der Waals surface area contributed by atoms with Crippen molar-refractivity contribution in [2.75, 3.05) is 14.1 Å². The van der Waals surface area contributed by atoms with Crippen LogP contribution < -0.4 is 11.2 Å². The number of carbonyl (C=O) groups is 1. The lowest BCUT2D eigenvalue weighted by molar-refractivity contribution is -0.129. The smallest absolute Gasteiger partial charge is 0.331 e. The Hall–Kier alpha value is -2.37. The molecule has 0 radical (unpaired) electrons. The lowest BCUT2D eigenvalue weighted by atomic mass is 10.2. The van der Waals surface area contributed by atoms with E-state index in [1.807, 2.05) is 0 Å². The molecular formula is C14H17N3O3. The van der Waals surface area contributed by atoms with Gasteiger partial charge in [-0.3, -0.25) is 18.7 Å². The van der Waals surface area contributed by atoms with Crippen LogP contribution >= 0.6 is 0 Å². The molecule has 0 saturated carbocycles. The van der Waals surface area contributed by atoms with Crippen molar-refractivity contribution in [2.45, 2.75) is 20.0 Å². The molecule has 0 spiro atoms. The van der Waals surface area contributed by atoms with Gasteiger partial charge in [0.05, 0.1) is 10.9 Å². The number of rotatable bonds is 3. The molecule has 1 amide bonds. The molecule has 1 aromatic carbocycles. The average Bonchev–Trinajstić information content (AvgIpc) is 2.43. The first-order valence-electron chi connectivity index (χ1n) is 6.40. The van der Waals surface area contributed by atoms with Gasteiger partial charge in [0.25, 0.3) is 5.56 Å². The number of nitrogens with zero attached hydrogens (tertiary/aromatic N) is 3. The molecule has 6 heteroatoms. The molecule has 106 valence electrons. The van der Waals surface area contributed by atoms with E-state index >= 15 is 0 Å². The second kappa shape index (κ2) is 5.32. The van der Waals surface area contributed by atoms with Crippen molar-refractivity contribution in [1.29, 1.82) is 0 Å². The summed E-state index contributed by atoms with van der Waals surface area (Å²) in [5.74, 6) is -0.196. The first-order chi connectivity index (χ1) is 9.47. The maximum Gasteiger partial charge on any atom is 0.331 e. The van der Waals surface area contributed by atoms with Crippen LogP contribution in [0.3, 0.4) is 0 Å². The Morgan fingerprint density at radius 2 is 1.80 bits per heavy atom. The van der Waals surface area contributed by atoms with Crippen LogP contribution in [0.4, 0.5) is 0 Å². The highest BCUT2D eigenvalue weighted by Gasteiger charge is 2.14. The number of carbonyl (C=O) groups excluding carboxylic acids is 1. The van der Waals surface area contributed by atoms with E-state index in [4.69, 9.17) is 0 Å². The Morgan fingerprint density at radius 3 is 2.40 bits per heavy atom. The number of hydrogen-bond acceptors (Lipinski definition) is 3. The molecule has 0 saturated heterocycles. The number of para-hydroxylation sites is 1. The summed E-state index contributed by atoms with van der Waals surface area (Å²) in [4.78, 5) is 37.8. The molecule has 0 aliphatic heterocycles. The van der Waals surface area contributed by atoms with Crippen molar-refractivity contribution < 1.29 is 4.79 Å². The highest BCUT2D eigenvalue weighted by molar-refractivity contribution is 5.81. The van der Waals surface area contributed by atoms with E-state index in [0.717, 1.165) is 4.57 Å². The van der Waals surface area contributed by atoms with Gasteiger partial charge in [-0.1, -0.05) is 12.1 Å². The molecule has 0 N–H and O–H groups in total. The summed E-state index contributed by atoms with van der Waals surface area (Å²) < 4.78 is 2.49. The normalized spacial score (nSPS) is 10.8. The fourth-order valence-corrected chi connectivity index (χ4v) is 2.08. The van der Waals surface area contributed by atoms with Crippen LogP contribution in [0.15, 0.2) is 33.9 Å². The zero-order chi connectivity index (χ0) is 14.9. The molecule has 0 bridgehead atoms. The summed E-state index contributed by atoms with van der Waals surface area (Å²) >= 11 is 0. The number of fused-ring (bicyclic) bond motifs is 1. The number of benzene rings is 1. The van der Waals surface area contributed by atoms with Crippen LogP contribution in [0.2, 0.25) is 0 Å². The minimum absolute atomic E-state index is 0.0768. The zero-order valence-electron chi connectivity index (χ0n) is 11.8. The number of hydrogen-bond donors (Lipinski definition) is 0. The highest BCUT2D eigenvalue weighted by atomic mass is 16.2. The Labute approximate surface area is 115 Å². The fraction of sp³-hybridized carbons (Fsp3) is 0.357. The molecule has 20 heavy (non-hydrogen) atoms. The van der Waals surface area contributed by atoms with E-state index in [-0.39, 0.29) is 24.6 Å². The Morgan fingerprint density at radius 1 is 1.15 bits per heavy atom. The van der Waals surface area contributed by atoms with Gasteiger partial charge in [0.2, 0.25) is 5.91 Å². The first-order valence-corrected chi connectivity index (χ1v) is 6.40. The molecule has 0 atom stereocenters. The van der Waals surface area contributed by atoms with E-state index in [0.29, 0.717) is 10.9 Å². The van der Waals surface area contributed by atoms with Crippen molar-refractivity contribution >= 4 is 16.8 Å². The van der Waals surface area contributed by atoms with Crippen LogP contribution in [-0.2, 0) is 17.9 Å². The molecule has 0 aliphatic carbocycles. The van der Waals surface area contributed by atoms with Gasteiger partial charge in [0.1, 0.15) is 6.54 Å². The molecule has 1 aromatic heterocycles. The largest absolute Gasteiger partial charge is 0.347 e. The molecule has 2 rings (SSSR count). The fourth-order valence-electron chi connectivity index (χ4n) is 2.08. The maximum atomic E-state index is 12.3. The second-order valence-corrected chi connectivity index (χ2v) is 4.72. The van der Waals surface area contributed by atoms with E-state index < -0.39 is 5.69 Å². The van der Waals surface area contributed by atoms with Gasteiger partial charge in [0, 0.05) is 20.6 Å². The van der Waals surface area contributed by atoms with E-state index in [1.165, 1.54) is 9.47 Å². The minimum Gasteiger partial charge on any atom is -0.347 e. The second-order valence-electron chi connectivity index (χ2n) is 4.72. The van der Waals surface area contributed by atoms with E-state index in [9.17, 15) is 14.4 Å². The van der Waals surface area contributed by atoms with Crippen molar-refractivity contribution in [1.82, 2.24) is 14.0 Å². The Bertz CT molecular complexity index is 771. The Kier molecular flexibility index (Phi) is 3.74. The van der Waals surface area contributed by atoms with Crippen molar-refractivity contribution in [3.63, 3.8) is 0 Å². The minimum atomic E-state index is -0.452. The molecule has 0 aliphatic rings. The third kappa shape index (κ3) is 2.24. The van der Waals surface area contributed by atoms with Crippen LogP contribution in [0, 0.1) is 0 Å². The lowest BCUT2D eigenvalue weighted by Crippen LogP contribution is -2.42. The summed E-state index contributed by atoms with van der Waals surface area (Å²) in [6.45, 7) is 1.93. The number of likely N-dealkylation sites (N-methyl/N-ethyl adjacent to an activating group) is 1. The predicted octanol–water partition coefficient (Wildman–Crippen LogP) is 0.271. The van der Waals surface area contributed by atoms with Crippen molar-refractivity contribution in [3.8, 4) is 0 Å². The summed E-state index contributed by atoms with van der Waals surface area (Å²) in [6.07, 6.45) is 0. The van der Waals surface area contributed by atoms with Gasteiger partial charge in [0.15, 0.2) is 0 Å². The third-order valence-electron chi connectivity index (χ3n) is 3.24. The number of aromatic nitrogens is 2. The van der Waals surface area contributed by atoms with Crippen molar-refractivity contribution in [2.24, 2.45) is 0 Å². The third-order valence-corrected chi connectivity index (χ3v) is 3.24.